The monoisotopic (exact) mass is 291 g/mol. The summed E-state index contributed by atoms with van der Waals surface area (Å²) in [6.45, 7) is 7.49. The van der Waals surface area contributed by atoms with Gasteiger partial charge in [-0.25, -0.2) is 9.97 Å². The average Bonchev–Trinajstić information content (AvgIpc) is 2.50. The van der Waals surface area contributed by atoms with E-state index >= 15 is 0 Å². The molecule has 1 saturated heterocycles. The van der Waals surface area contributed by atoms with Crippen molar-refractivity contribution in [1.82, 2.24) is 19.8 Å². The van der Waals surface area contributed by atoms with Gasteiger partial charge in [0.1, 0.15) is 11.6 Å². The molecule has 1 fully saturated rings. The molecule has 6 heteroatoms. The Bertz CT molecular complexity index is 507. The number of piperazine rings is 1. The molecule has 3 rings (SSSR count). The zero-order valence-corrected chi connectivity index (χ0v) is 13.2. The number of fused-ring (bicyclic) bond motifs is 1. The molecular formula is C15H25N5O. The quantitative estimate of drug-likeness (QED) is 0.893. The van der Waals surface area contributed by atoms with Crippen molar-refractivity contribution in [2.24, 2.45) is 0 Å². The Morgan fingerprint density at radius 1 is 1.29 bits per heavy atom. The summed E-state index contributed by atoms with van der Waals surface area (Å²) in [4.78, 5) is 14.4. The van der Waals surface area contributed by atoms with Gasteiger partial charge in [-0.05, 0) is 21.0 Å². The van der Waals surface area contributed by atoms with Gasteiger partial charge in [0, 0.05) is 38.2 Å². The molecule has 21 heavy (non-hydrogen) atoms. The molecule has 0 radical (unpaired) electrons. The van der Waals surface area contributed by atoms with Gasteiger partial charge in [0.15, 0.2) is 0 Å². The fourth-order valence-electron chi connectivity index (χ4n) is 3.00. The maximum absolute atomic E-state index is 5.57. The second-order valence-electron chi connectivity index (χ2n) is 5.95. The Labute approximate surface area is 126 Å². The number of ether oxygens (including phenoxy) is 1. The van der Waals surface area contributed by atoms with Crippen LogP contribution in [0.2, 0.25) is 0 Å². The van der Waals surface area contributed by atoms with Gasteiger partial charge in [-0.3, -0.25) is 4.90 Å². The van der Waals surface area contributed by atoms with Crippen LogP contribution >= 0.6 is 0 Å². The van der Waals surface area contributed by atoms with E-state index in [2.05, 4.69) is 36.1 Å². The molecule has 116 valence electrons. The van der Waals surface area contributed by atoms with Gasteiger partial charge in [0.25, 0.3) is 0 Å². The Kier molecular flexibility index (Phi) is 4.37. The molecule has 1 N–H and O–H groups in total. The largest absolute Gasteiger partial charge is 0.376 e. The van der Waals surface area contributed by atoms with Gasteiger partial charge in [-0.15, -0.1) is 0 Å². The Morgan fingerprint density at radius 2 is 2.14 bits per heavy atom. The van der Waals surface area contributed by atoms with Crippen molar-refractivity contribution < 1.29 is 4.74 Å². The molecule has 2 aliphatic rings. The topological polar surface area (TPSA) is 53.5 Å². The van der Waals surface area contributed by atoms with Gasteiger partial charge < -0.3 is 15.0 Å². The summed E-state index contributed by atoms with van der Waals surface area (Å²) >= 11 is 0. The van der Waals surface area contributed by atoms with E-state index in [0.717, 1.165) is 62.1 Å². The standard InChI is InChI=1S/C15H25N5O/c1-4-16-14-11-10-21-8-5-12(11)17-15(18-14)13-9-19(2)6-7-20(13)3/h13H,4-10H2,1-3H3,(H,16,17,18). The van der Waals surface area contributed by atoms with Crippen LogP contribution in [0.1, 0.15) is 30.0 Å². The van der Waals surface area contributed by atoms with Crippen LogP contribution in [0, 0.1) is 0 Å². The summed E-state index contributed by atoms with van der Waals surface area (Å²) in [5.41, 5.74) is 2.29. The lowest BCUT2D eigenvalue weighted by Gasteiger charge is -2.37. The van der Waals surface area contributed by atoms with Crippen LogP contribution in [0.4, 0.5) is 5.82 Å². The number of rotatable bonds is 3. The second-order valence-corrected chi connectivity index (χ2v) is 5.95. The minimum atomic E-state index is 0.273. The number of aromatic nitrogens is 2. The van der Waals surface area contributed by atoms with E-state index in [0.29, 0.717) is 6.61 Å². The molecular weight excluding hydrogens is 266 g/mol. The number of likely N-dealkylation sites (N-methyl/N-ethyl adjacent to an activating group) is 2. The molecule has 0 bridgehead atoms. The van der Waals surface area contributed by atoms with Gasteiger partial charge in [-0.1, -0.05) is 0 Å². The van der Waals surface area contributed by atoms with Crippen LogP contribution in [0.25, 0.3) is 0 Å². The molecule has 0 aliphatic carbocycles. The third-order valence-electron chi connectivity index (χ3n) is 4.33. The third kappa shape index (κ3) is 3.02. The van der Waals surface area contributed by atoms with Gasteiger partial charge in [0.05, 0.1) is 24.9 Å². The highest BCUT2D eigenvalue weighted by Crippen LogP contribution is 2.27. The fourth-order valence-corrected chi connectivity index (χ4v) is 3.00. The van der Waals surface area contributed by atoms with E-state index in [-0.39, 0.29) is 6.04 Å². The van der Waals surface area contributed by atoms with Crippen LogP contribution in [-0.4, -0.2) is 66.6 Å². The molecule has 1 aromatic heterocycles. The fraction of sp³-hybridized carbons (Fsp3) is 0.733. The highest BCUT2D eigenvalue weighted by molar-refractivity contribution is 5.47. The number of hydrogen-bond acceptors (Lipinski definition) is 6. The van der Waals surface area contributed by atoms with Crippen molar-refractivity contribution in [2.45, 2.75) is 26.0 Å². The van der Waals surface area contributed by atoms with E-state index in [4.69, 9.17) is 14.7 Å². The Hall–Kier alpha value is -1.24. The van der Waals surface area contributed by atoms with Gasteiger partial charge >= 0.3 is 0 Å². The van der Waals surface area contributed by atoms with Crippen LogP contribution < -0.4 is 5.32 Å². The molecule has 6 nitrogen and oxygen atoms in total. The van der Waals surface area contributed by atoms with Gasteiger partial charge in [-0.2, -0.15) is 0 Å². The lowest BCUT2D eigenvalue weighted by molar-refractivity contribution is 0.103. The average molecular weight is 291 g/mol. The number of hydrogen-bond donors (Lipinski definition) is 1. The van der Waals surface area contributed by atoms with Crippen molar-refractivity contribution in [3.8, 4) is 0 Å². The lowest BCUT2D eigenvalue weighted by Crippen LogP contribution is -2.45. The van der Waals surface area contributed by atoms with Crippen molar-refractivity contribution >= 4 is 5.82 Å². The summed E-state index contributed by atoms with van der Waals surface area (Å²) < 4.78 is 5.57. The highest BCUT2D eigenvalue weighted by Gasteiger charge is 2.28. The van der Waals surface area contributed by atoms with Crippen molar-refractivity contribution in [3.63, 3.8) is 0 Å². The zero-order valence-electron chi connectivity index (χ0n) is 13.2. The molecule has 0 amide bonds. The molecule has 0 spiro atoms. The van der Waals surface area contributed by atoms with E-state index < -0.39 is 0 Å². The zero-order chi connectivity index (χ0) is 14.8. The summed E-state index contributed by atoms with van der Waals surface area (Å²) in [7, 11) is 4.33. The minimum absolute atomic E-state index is 0.273. The molecule has 3 heterocycles. The van der Waals surface area contributed by atoms with Crippen molar-refractivity contribution in [1.29, 1.82) is 0 Å². The SMILES string of the molecule is CCNc1nc(C2CN(C)CCN2C)nc2c1COCC2. The van der Waals surface area contributed by atoms with Crippen LogP contribution in [0.15, 0.2) is 0 Å². The Balaban J connectivity index is 1.96. The van der Waals surface area contributed by atoms with Crippen LogP contribution in [0.3, 0.4) is 0 Å². The summed E-state index contributed by atoms with van der Waals surface area (Å²) in [6, 6.07) is 0.273. The molecule has 0 saturated carbocycles. The van der Waals surface area contributed by atoms with E-state index in [9.17, 15) is 0 Å². The van der Waals surface area contributed by atoms with Crippen LogP contribution in [-0.2, 0) is 17.8 Å². The minimum Gasteiger partial charge on any atom is -0.376 e. The predicted octanol–water partition coefficient (Wildman–Crippen LogP) is 0.899. The smallest absolute Gasteiger partial charge is 0.149 e. The molecule has 1 aromatic rings. The van der Waals surface area contributed by atoms with Crippen molar-refractivity contribution in [3.05, 3.63) is 17.1 Å². The normalized spacial score (nSPS) is 23.9. The number of nitrogens with one attached hydrogen (secondary N) is 1. The summed E-state index contributed by atoms with van der Waals surface area (Å²) in [5.74, 6) is 1.90. The lowest BCUT2D eigenvalue weighted by atomic mass is 10.1. The summed E-state index contributed by atoms with van der Waals surface area (Å²) in [6.07, 6.45) is 0.884. The first-order valence-corrected chi connectivity index (χ1v) is 7.79. The van der Waals surface area contributed by atoms with Crippen molar-refractivity contribution in [2.75, 3.05) is 52.2 Å². The number of nitrogens with zero attached hydrogens (tertiary/aromatic N) is 4. The molecule has 0 aromatic carbocycles. The Morgan fingerprint density at radius 3 is 2.95 bits per heavy atom. The van der Waals surface area contributed by atoms with Gasteiger partial charge in [0.2, 0.25) is 0 Å². The molecule has 1 atom stereocenters. The van der Waals surface area contributed by atoms with Crippen LogP contribution in [0.5, 0.6) is 0 Å². The molecule has 2 aliphatic heterocycles. The maximum Gasteiger partial charge on any atom is 0.149 e. The third-order valence-corrected chi connectivity index (χ3v) is 4.33. The first-order chi connectivity index (χ1) is 10.2. The maximum atomic E-state index is 5.57. The molecule has 1 unspecified atom stereocenters. The summed E-state index contributed by atoms with van der Waals surface area (Å²) in [5, 5.41) is 3.38. The predicted molar refractivity (Wildman–Crippen MR) is 82.4 cm³/mol. The second kappa shape index (κ2) is 6.25. The van der Waals surface area contributed by atoms with E-state index in [1.54, 1.807) is 0 Å². The van der Waals surface area contributed by atoms with E-state index in [1.165, 1.54) is 0 Å². The number of anilines is 1. The highest BCUT2D eigenvalue weighted by atomic mass is 16.5. The first kappa shape index (κ1) is 14.7. The van der Waals surface area contributed by atoms with E-state index in [1.807, 2.05) is 0 Å². The first-order valence-electron chi connectivity index (χ1n) is 7.79.